The molecule has 2 aromatic heterocycles. The van der Waals surface area contributed by atoms with E-state index >= 15 is 0 Å². The highest BCUT2D eigenvalue weighted by atomic mass is 19.1. The minimum absolute atomic E-state index is 0.230. The molecule has 0 bridgehead atoms. The second-order valence-electron chi connectivity index (χ2n) is 10.4. The van der Waals surface area contributed by atoms with Crippen LogP contribution in [0.15, 0.2) is 67.1 Å². The van der Waals surface area contributed by atoms with Gasteiger partial charge in [-0.2, -0.15) is 0 Å². The van der Waals surface area contributed by atoms with Crippen molar-refractivity contribution in [2.75, 3.05) is 37.6 Å². The van der Waals surface area contributed by atoms with Gasteiger partial charge in [0.1, 0.15) is 5.82 Å². The van der Waals surface area contributed by atoms with Crippen LogP contribution in [0.5, 0.6) is 0 Å². The lowest BCUT2D eigenvalue weighted by Crippen LogP contribution is -2.32. The lowest BCUT2D eigenvalue weighted by Gasteiger charge is -2.23. The van der Waals surface area contributed by atoms with Crippen LogP contribution in [0, 0.1) is 11.7 Å². The van der Waals surface area contributed by atoms with E-state index in [9.17, 15) is 9.50 Å². The minimum atomic E-state index is -0.293. The maximum Gasteiger partial charge on any atom is 0.161 e. The van der Waals surface area contributed by atoms with Crippen molar-refractivity contribution in [1.82, 2.24) is 19.0 Å². The van der Waals surface area contributed by atoms with Gasteiger partial charge in [0.05, 0.1) is 17.5 Å². The Hall–Kier alpha value is -3.42. The zero-order valence-electron chi connectivity index (χ0n) is 20.2. The molecule has 2 atom stereocenters. The molecule has 36 heavy (non-hydrogen) atoms. The van der Waals surface area contributed by atoms with Gasteiger partial charge in [0, 0.05) is 61.9 Å². The van der Waals surface area contributed by atoms with E-state index in [0.717, 1.165) is 66.7 Å². The standard InChI is InChI=1S/C29H30FN5O/c30-24-5-3-20(4-6-24)21-14-27-29-31-9-12-35(29)26-8-7-25(13-22(26)17-34(27)16-21)33-18-23(28(36)19-33)15-32-10-1-2-11-32/h3-9,12-14,16,23,28,36H,1-2,10-11,15,17-19H2/t23-,28?/m1/s1. The van der Waals surface area contributed by atoms with Crippen LogP contribution in [0.1, 0.15) is 18.4 Å². The summed E-state index contributed by atoms with van der Waals surface area (Å²) in [6, 6.07) is 15.4. The van der Waals surface area contributed by atoms with Gasteiger partial charge in [-0.15, -0.1) is 0 Å². The van der Waals surface area contributed by atoms with Crippen molar-refractivity contribution in [3.63, 3.8) is 0 Å². The molecule has 2 aromatic carbocycles. The van der Waals surface area contributed by atoms with Crippen LogP contribution in [0.4, 0.5) is 10.1 Å². The molecule has 184 valence electrons. The molecule has 2 fully saturated rings. The number of aromatic nitrogens is 3. The fourth-order valence-electron chi connectivity index (χ4n) is 6.17. The van der Waals surface area contributed by atoms with Crippen LogP contribution in [0.2, 0.25) is 0 Å². The second kappa shape index (κ2) is 8.61. The number of anilines is 1. The molecule has 1 N–H and O–H groups in total. The van der Waals surface area contributed by atoms with E-state index in [-0.39, 0.29) is 17.8 Å². The number of rotatable bonds is 4. The van der Waals surface area contributed by atoms with E-state index in [1.165, 1.54) is 30.5 Å². The van der Waals surface area contributed by atoms with Gasteiger partial charge in [-0.3, -0.25) is 4.57 Å². The Kier molecular flexibility index (Phi) is 5.22. The van der Waals surface area contributed by atoms with Crippen molar-refractivity contribution in [2.24, 2.45) is 5.92 Å². The largest absolute Gasteiger partial charge is 0.391 e. The van der Waals surface area contributed by atoms with Gasteiger partial charge in [-0.05, 0) is 73.5 Å². The van der Waals surface area contributed by atoms with E-state index < -0.39 is 0 Å². The zero-order valence-corrected chi connectivity index (χ0v) is 20.2. The van der Waals surface area contributed by atoms with E-state index in [2.05, 4.69) is 54.4 Å². The molecule has 5 heterocycles. The Morgan fingerprint density at radius 3 is 2.64 bits per heavy atom. The number of β-amino-alcohol motifs (C(OH)–C–C–N with tert-alkyl or cyclic N) is 1. The Labute approximate surface area is 210 Å². The molecule has 6 nitrogen and oxygen atoms in total. The van der Waals surface area contributed by atoms with E-state index in [1.807, 2.05) is 24.5 Å². The number of likely N-dealkylation sites (tertiary alicyclic amines) is 1. The number of hydrogen-bond donors (Lipinski definition) is 1. The molecule has 0 radical (unpaired) electrons. The second-order valence-corrected chi connectivity index (χ2v) is 10.4. The van der Waals surface area contributed by atoms with Crippen molar-refractivity contribution in [3.8, 4) is 28.3 Å². The van der Waals surface area contributed by atoms with Crippen LogP contribution in [-0.4, -0.2) is 63.0 Å². The highest BCUT2D eigenvalue weighted by Gasteiger charge is 2.33. The minimum Gasteiger partial charge on any atom is -0.391 e. The topological polar surface area (TPSA) is 49.5 Å². The highest BCUT2D eigenvalue weighted by molar-refractivity contribution is 5.72. The fraction of sp³-hybridized carbons (Fsp3) is 0.345. The van der Waals surface area contributed by atoms with Crippen molar-refractivity contribution < 1.29 is 9.50 Å². The van der Waals surface area contributed by atoms with Crippen molar-refractivity contribution in [1.29, 1.82) is 0 Å². The quantitative estimate of drug-likeness (QED) is 0.412. The van der Waals surface area contributed by atoms with Gasteiger partial charge in [0.15, 0.2) is 5.82 Å². The Balaban J connectivity index is 1.21. The van der Waals surface area contributed by atoms with Gasteiger partial charge in [-0.25, -0.2) is 9.37 Å². The van der Waals surface area contributed by atoms with Gasteiger partial charge in [-0.1, -0.05) is 12.1 Å². The summed E-state index contributed by atoms with van der Waals surface area (Å²) in [5.41, 5.74) is 6.58. The van der Waals surface area contributed by atoms with Crippen molar-refractivity contribution >= 4 is 5.69 Å². The molecule has 0 amide bonds. The van der Waals surface area contributed by atoms with Gasteiger partial charge in [0.25, 0.3) is 0 Å². The van der Waals surface area contributed by atoms with Crippen molar-refractivity contribution in [2.45, 2.75) is 25.5 Å². The molecule has 7 rings (SSSR count). The average molecular weight is 484 g/mol. The van der Waals surface area contributed by atoms with E-state index in [1.54, 1.807) is 0 Å². The molecular weight excluding hydrogens is 453 g/mol. The predicted molar refractivity (Wildman–Crippen MR) is 139 cm³/mol. The molecule has 0 saturated carbocycles. The number of aliphatic hydroxyl groups excluding tert-OH is 1. The van der Waals surface area contributed by atoms with Crippen LogP contribution < -0.4 is 4.90 Å². The summed E-state index contributed by atoms with van der Waals surface area (Å²) in [5.74, 6) is 0.958. The first-order valence-electron chi connectivity index (χ1n) is 12.9. The summed E-state index contributed by atoms with van der Waals surface area (Å²) in [5, 5.41) is 10.8. The molecule has 3 aliphatic heterocycles. The predicted octanol–water partition coefficient (Wildman–Crippen LogP) is 4.40. The summed E-state index contributed by atoms with van der Waals surface area (Å²) >= 11 is 0. The fourth-order valence-corrected chi connectivity index (χ4v) is 6.17. The summed E-state index contributed by atoms with van der Waals surface area (Å²) in [6.07, 6.45) is 8.25. The third-order valence-corrected chi connectivity index (χ3v) is 8.07. The van der Waals surface area contributed by atoms with Gasteiger partial charge >= 0.3 is 0 Å². The van der Waals surface area contributed by atoms with Crippen LogP contribution in [0.3, 0.4) is 0 Å². The van der Waals surface area contributed by atoms with E-state index in [0.29, 0.717) is 6.54 Å². The van der Waals surface area contributed by atoms with Crippen LogP contribution >= 0.6 is 0 Å². The maximum absolute atomic E-state index is 13.5. The molecule has 0 spiro atoms. The molecular formula is C29H30FN5O. The molecule has 2 saturated heterocycles. The molecule has 3 aliphatic rings. The van der Waals surface area contributed by atoms with Crippen LogP contribution in [-0.2, 0) is 6.54 Å². The Bertz CT molecular complexity index is 1400. The van der Waals surface area contributed by atoms with Crippen molar-refractivity contribution in [3.05, 3.63) is 78.5 Å². The molecule has 7 heteroatoms. The third-order valence-electron chi connectivity index (χ3n) is 8.07. The first kappa shape index (κ1) is 21.8. The number of halogens is 1. The van der Waals surface area contributed by atoms with Gasteiger partial charge < -0.3 is 19.5 Å². The summed E-state index contributed by atoms with van der Waals surface area (Å²) in [7, 11) is 0. The number of aliphatic hydroxyl groups is 1. The summed E-state index contributed by atoms with van der Waals surface area (Å²) in [4.78, 5) is 9.52. The number of benzene rings is 2. The number of imidazole rings is 1. The monoisotopic (exact) mass is 483 g/mol. The normalized spacial score (nSPS) is 21.3. The average Bonchev–Trinajstić information content (AvgIpc) is 3.68. The molecule has 0 aliphatic carbocycles. The zero-order chi connectivity index (χ0) is 24.2. The SMILES string of the molecule is OC1CN(c2ccc3c(c2)Cn2cc(-c4ccc(F)cc4)cc2-c2nccn2-3)C[C@H]1CN1CCCC1. The Morgan fingerprint density at radius 2 is 1.81 bits per heavy atom. The number of fused-ring (bicyclic) bond motifs is 5. The summed E-state index contributed by atoms with van der Waals surface area (Å²) in [6.45, 7) is 5.59. The van der Waals surface area contributed by atoms with Crippen LogP contribution in [0.25, 0.3) is 28.3 Å². The highest BCUT2D eigenvalue weighted by Crippen LogP contribution is 2.36. The number of hydrogen-bond acceptors (Lipinski definition) is 4. The maximum atomic E-state index is 13.5. The smallest absolute Gasteiger partial charge is 0.161 e. The van der Waals surface area contributed by atoms with Gasteiger partial charge in [0.2, 0.25) is 0 Å². The summed E-state index contributed by atoms with van der Waals surface area (Å²) < 4.78 is 17.9. The molecule has 4 aromatic rings. The first-order chi connectivity index (χ1) is 17.6. The third kappa shape index (κ3) is 3.74. The number of nitrogens with zero attached hydrogens (tertiary/aromatic N) is 5. The lowest BCUT2D eigenvalue weighted by molar-refractivity contribution is 0.123. The lowest BCUT2D eigenvalue weighted by atomic mass is 10.1. The van der Waals surface area contributed by atoms with E-state index in [4.69, 9.17) is 0 Å². The molecule has 1 unspecified atom stereocenters. The first-order valence-corrected chi connectivity index (χ1v) is 12.9. The Morgan fingerprint density at radius 1 is 0.972 bits per heavy atom.